The molecule has 12 heavy (non-hydrogen) atoms. The molecule has 66 valence electrons. The molecule has 1 aliphatic heterocycles. The zero-order valence-electron chi connectivity index (χ0n) is 11.2. The van der Waals surface area contributed by atoms with Gasteiger partial charge in [-0.1, -0.05) is 0 Å². The van der Waals surface area contributed by atoms with Gasteiger partial charge >= 0.3 is 0 Å². The number of halogens is 1. The molecule has 3 nitrogen and oxygen atoms in total. The summed E-state index contributed by atoms with van der Waals surface area (Å²) in [5.74, 6) is 0. The Kier molecular flexibility index (Phi) is 1.26. The smallest absolute Gasteiger partial charge is 0.124 e. The van der Waals surface area contributed by atoms with Gasteiger partial charge in [0.1, 0.15) is 4.60 Å². The fourth-order valence-electron chi connectivity index (χ4n) is 0.956. The van der Waals surface area contributed by atoms with E-state index in [0.717, 1.165) is 4.57 Å². The molecule has 2 heterocycles. The van der Waals surface area contributed by atoms with Crippen LogP contribution in [0.25, 0.3) is 0 Å². The van der Waals surface area contributed by atoms with Crippen molar-refractivity contribution in [2.75, 3.05) is 13.2 Å². The summed E-state index contributed by atoms with van der Waals surface area (Å²) >= 11 is 3.11. The van der Waals surface area contributed by atoms with E-state index < -0.39 is 18.8 Å². The molecule has 0 aliphatic carbocycles. The van der Waals surface area contributed by atoms with E-state index in [9.17, 15) is 0 Å². The van der Waals surface area contributed by atoms with Crippen LogP contribution in [0, 0.1) is 0 Å². The largest absolute Gasteiger partial charge is 0.381 e. The molecule has 1 saturated heterocycles. The van der Waals surface area contributed by atoms with Crippen molar-refractivity contribution in [3.05, 3.63) is 17.1 Å². The zero-order chi connectivity index (χ0) is 12.9. The molecule has 4 heteroatoms. The van der Waals surface area contributed by atoms with Gasteiger partial charge < -0.3 is 9.30 Å². The summed E-state index contributed by atoms with van der Waals surface area (Å²) in [6.45, 7) is -0.627. The number of ether oxygens (including phenoxy) is 1. The highest BCUT2D eigenvalue weighted by molar-refractivity contribution is 9.10. The minimum atomic E-state index is -2.14. The maximum Gasteiger partial charge on any atom is 0.124 e. The Morgan fingerprint density at radius 3 is 3.08 bits per heavy atom. The normalized spacial score (nSPS) is 36.9. The van der Waals surface area contributed by atoms with Crippen LogP contribution in [0.15, 0.2) is 17.1 Å². The van der Waals surface area contributed by atoms with Crippen molar-refractivity contribution in [2.24, 2.45) is 0 Å². The van der Waals surface area contributed by atoms with Crippen LogP contribution in [0.2, 0.25) is 0 Å². The Balaban J connectivity index is 2.56. The number of hydrogen-bond acceptors (Lipinski definition) is 2. The van der Waals surface area contributed by atoms with Crippen molar-refractivity contribution < 1.29 is 11.6 Å². The monoisotopic (exact) mass is 235 g/mol. The lowest BCUT2D eigenvalue weighted by atomic mass is 10.1. The Bertz CT molecular complexity index is 419. The molecule has 0 bridgehead atoms. The van der Waals surface area contributed by atoms with Crippen LogP contribution >= 0.6 is 15.9 Å². The highest BCUT2D eigenvalue weighted by Gasteiger charge is 2.14. The van der Waals surface area contributed by atoms with E-state index in [2.05, 4.69) is 20.9 Å². The van der Waals surface area contributed by atoms with Crippen LogP contribution in [0.4, 0.5) is 0 Å². The van der Waals surface area contributed by atoms with Crippen LogP contribution in [0.1, 0.15) is 25.6 Å². The molecule has 0 amide bonds. The number of nitrogens with zero attached hydrogens (tertiary/aromatic N) is 2. The van der Waals surface area contributed by atoms with E-state index in [1.54, 1.807) is 0 Å². The quantitative estimate of drug-likeness (QED) is 0.745. The summed E-state index contributed by atoms with van der Waals surface area (Å²) in [6.07, 6.45) is -1.64. The van der Waals surface area contributed by atoms with Crippen LogP contribution in [0.5, 0.6) is 0 Å². The van der Waals surface area contributed by atoms with Gasteiger partial charge in [-0.3, -0.25) is 0 Å². The molecule has 0 radical (unpaired) electrons. The van der Waals surface area contributed by atoms with E-state index >= 15 is 0 Å². The summed E-state index contributed by atoms with van der Waals surface area (Å²) in [6, 6.07) is -2.10. The molecule has 2 rings (SSSR count). The van der Waals surface area contributed by atoms with Crippen LogP contribution in [0.3, 0.4) is 0 Å². The summed E-state index contributed by atoms with van der Waals surface area (Å²) in [5, 5.41) is 0. The number of aromatic nitrogens is 2. The van der Waals surface area contributed by atoms with Gasteiger partial charge in [0, 0.05) is 30.9 Å². The van der Waals surface area contributed by atoms with Gasteiger partial charge in [0.2, 0.25) is 0 Å². The SMILES string of the molecule is [2H]C1([2H])COCC([2H])([2H])C1([2H])n1cnc(Br)c1. The van der Waals surface area contributed by atoms with Gasteiger partial charge in [-0.2, -0.15) is 0 Å². The number of imidazole rings is 1. The molecule has 1 aliphatic rings. The first kappa shape index (κ1) is 4.24. The molecule has 1 fully saturated rings. The van der Waals surface area contributed by atoms with Crippen molar-refractivity contribution >= 4 is 15.9 Å². The first-order valence-corrected chi connectivity index (χ1v) is 4.28. The third-order valence-electron chi connectivity index (χ3n) is 1.49. The fraction of sp³-hybridized carbons (Fsp3) is 0.625. The predicted octanol–water partition coefficient (Wildman–Crippen LogP) is 2.00. The third-order valence-corrected chi connectivity index (χ3v) is 1.90. The van der Waals surface area contributed by atoms with Crippen LogP contribution in [-0.4, -0.2) is 22.8 Å². The van der Waals surface area contributed by atoms with E-state index in [0.29, 0.717) is 4.60 Å². The van der Waals surface area contributed by atoms with Crippen molar-refractivity contribution in [1.82, 2.24) is 9.55 Å². The van der Waals surface area contributed by atoms with Crippen LogP contribution < -0.4 is 0 Å². The van der Waals surface area contributed by atoms with Crippen molar-refractivity contribution in [1.29, 1.82) is 0 Å². The molecule has 0 unspecified atom stereocenters. The predicted molar refractivity (Wildman–Crippen MR) is 49.0 cm³/mol. The molecule has 0 spiro atoms. The molecule has 1 aromatic heterocycles. The van der Waals surface area contributed by atoms with Crippen molar-refractivity contribution in [2.45, 2.75) is 18.8 Å². The maximum atomic E-state index is 8.25. The third kappa shape index (κ3) is 1.69. The summed E-state index contributed by atoms with van der Waals surface area (Å²) in [5.41, 5.74) is 0. The lowest BCUT2D eigenvalue weighted by Gasteiger charge is -2.22. The Labute approximate surface area is 86.9 Å². The van der Waals surface area contributed by atoms with Crippen molar-refractivity contribution in [3.8, 4) is 0 Å². The summed E-state index contributed by atoms with van der Waals surface area (Å²) < 4.78 is 46.1. The molecular weight excluding hydrogens is 220 g/mol. The van der Waals surface area contributed by atoms with Gasteiger partial charge in [-0.15, -0.1) is 0 Å². The summed E-state index contributed by atoms with van der Waals surface area (Å²) in [4.78, 5) is 3.85. The maximum absolute atomic E-state index is 8.25. The number of rotatable bonds is 1. The average Bonchev–Trinajstić information content (AvgIpc) is 2.60. The van der Waals surface area contributed by atoms with E-state index in [1.807, 2.05) is 0 Å². The fourth-order valence-corrected chi connectivity index (χ4v) is 1.27. The second kappa shape index (κ2) is 3.58. The zero-order valence-corrected chi connectivity index (χ0v) is 7.84. The lowest BCUT2D eigenvalue weighted by molar-refractivity contribution is 0.0695. The molecule has 0 saturated carbocycles. The standard InChI is InChI=1S/C8H11BrN2O/c9-8-5-11(6-10-8)7-1-3-12-4-2-7/h5-7H,1-4H2/i1D2,2D2,7D. The summed E-state index contributed by atoms with van der Waals surface area (Å²) in [7, 11) is 0. The van der Waals surface area contributed by atoms with Gasteiger partial charge in [-0.05, 0) is 28.7 Å². The number of hydrogen-bond donors (Lipinski definition) is 0. The van der Waals surface area contributed by atoms with Crippen molar-refractivity contribution in [3.63, 3.8) is 0 Å². The molecule has 1 aromatic rings. The van der Waals surface area contributed by atoms with Gasteiger partial charge in [0.15, 0.2) is 0 Å². The average molecular weight is 236 g/mol. The van der Waals surface area contributed by atoms with Gasteiger partial charge in [-0.25, -0.2) is 4.98 Å². The van der Waals surface area contributed by atoms with E-state index in [-0.39, 0.29) is 13.2 Å². The lowest BCUT2D eigenvalue weighted by Crippen LogP contribution is -2.18. The van der Waals surface area contributed by atoms with E-state index in [1.165, 1.54) is 12.5 Å². The second-order valence-corrected chi connectivity index (χ2v) is 3.11. The van der Waals surface area contributed by atoms with Gasteiger partial charge in [0.05, 0.1) is 7.70 Å². The minimum absolute atomic E-state index is 0.314. The molecular formula is C8H11BrN2O. The minimum Gasteiger partial charge on any atom is -0.381 e. The van der Waals surface area contributed by atoms with Crippen LogP contribution in [-0.2, 0) is 4.74 Å². The van der Waals surface area contributed by atoms with E-state index in [4.69, 9.17) is 11.6 Å². The first-order valence-electron chi connectivity index (χ1n) is 5.98. The van der Waals surface area contributed by atoms with Gasteiger partial charge in [0.25, 0.3) is 0 Å². The highest BCUT2D eigenvalue weighted by Crippen LogP contribution is 2.21. The Hall–Kier alpha value is -0.350. The Morgan fingerprint density at radius 1 is 1.75 bits per heavy atom. The topological polar surface area (TPSA) is 27.1 Å². The first-order chi connectivity index (χ1) is 7.71. The Morgan fingerprint density at radius 2 is 2.50 bits per heavy atom. The molecule has 0 atom stereocenters. The highest BCUT2D eigenvalue weighted by atomic mass is 79.9. The molecule has 0 aromatic carbocycles. The molecule has 0 N–H and O–H groups in total. The second-order valence-electron chi connectivity index (χ2n) is 2.30.